The van der Waals surface area contributed by atoms with E-state index in [0.717, 1.165) is 18.6 Å². The second-order valence-corrected chi connectivity index (χ2v) is 4.45. The Morgan fingerprint density at radius 1 is 1.28 bits per heavy atom. The highest BCUT2D eigenvalue weighted by atomic mass is 16.5. The summed E-state index contributed by atoms with van der Waals surface area (Å²) in [5.74, 6) is 1.31. The van der Waals surface area contributed by atoms with Crippen LogP contribution in [0.15, 0.2) is 42.6 Å². The number of aromatic nitrogens is 1. The van der Waals surface area contributed by atoms with E-state index < -0.39 is 0 Å². The molecule has 1 aromatic carbocycles. The predicted octanol–water partition coefficient (Wildman–Crippen LogP) is 2.70. The minimum atomic E-state index is 0.395. The van der Waals surface area contributed by atoms with Crippen LogP contribution in [0.25, 0.3) is 0 Å². The first kappa shape index (κ1) is 12.7. The number of nitrogens with two attached hydrogens (primary N) is 1. The fraction of sp³-hybridized carbons (Fsp3) is 0.333. The molecule has 2 rings (SSSR count). The Balaban J connectivity index is 1.97. The SMILES string of the molecule is COc1cccc(CCC(CN)c2ccc[nH]2)c1. The molecular weight excluding hydrogens is 224 g/mol. The number of nitrogens with one attached hydrogen (secondary N) is 1. The number of methoxy groups -OCH3 is 1. The Kier molecular flexibility index (Phi) is 4.42. The van der Waals surface area contributed by atoms with Gasteiger partial charge in [-0.25, -0.2) is 0 Å². The Morgan fingerprint density at radius 2 is 2.17 bits per heavy atom. The molecule has 3 N–H and O–H groups in total. The molecule has 1 unspecified atom stereocenters. The molecule has 1 heterocycles. The number of aryl methyl sites for hydroxylation is 1. The Labute approximate surface area is 108 Å². The van der Waals surface area contributed by atoms with Crippen molar-refractivity contribution in [3.63, 3.8) is 0 Å². The summed E-state index contributed by atoms with van der Waals surface area (Å²) in [4.78, 5) is 3.24. The number of hydrogen-bond donors (Lipinski definition) is 2. The summed E-state index contributed by atoms with van der Waals surface area (Å²) in [6.45, 7) is 0.671. The molecule has 1 atom stereocenters. The average Bonchev–Trinajstić information content (AvgIpc) is 2.94. The standard InChI is InChI=1S/C15H20N2O/c1-18-14-5-2-4-12(10-14)7-8-13(11-16)15-6-3-9-17-15/h2-6,9-10,13,17H,7-8,11,16H2,1H3. The third-order valence-electron chi connectivity index (χ3n) is 3.26. The fourth-order valence-electron chi connectivity index (χ4n) is 2.17. The Morgan fingerprint density at radius 3 is 2.83 bits per heavy atom. The van der Waals surface area contributed by atoms with Crippen LogP contribution in [0.1, 0.15) is 23.6 Å². The maximum Gasteiger partial charge on any atom is 0.119 e. The Bertz CT molecular complexity index is 465. The monoisotopic (exact) mass is 244 g/mol. The summed E-state index contributed by atoms with van der Waals surface area (Å²) in [7, 11) is 1.70. The van der Waals surface area contributed by atoms with Crippen molar-refractivity contribution in [3.05, 3.63) is 53.9 Å². The molecule has 0 aliphatic carbocycles. The number of hydrogen-bond acceptors (Lipinski definition) is 2. The smallest absolute Gasteiger partial charge is 0.119 e. The van der Waals surface area contributed by atoms with Crippen LogP contribution in [0.4, 0.5) is 0 Å². The normalized spacial score (nSPS) is 12.3. The van der Waals surface area contributed by atoms with Crippen molar-refractivity contribution in [2.75, 3.05) is 13.7 Å². The van der Waals surface area contributed by atoms with Gasteiger partial charge in [-0.15, -0.1) is 0 Å². The van der Waals surface area contributed by atoms with Crippen molar-refractivity contribution in [3.8, 4) is 5.75 Å². The van der Waals surface area contributed by atoms with Gasteiger partial charge in [0.25, 0.3) is 0 Å². The van der Waals surface area contributed by atoms with Crippen molar-refractivity contribution < 1.29 is 4.74 Å². The lowest BCUT2D eigenvalue weighted by Crippen LogP contribution is -2.13. The molecule has 0 fully saturated rings. The highest BCUT2D eigenvalue weighted by Gasteiger charge is 2.10. The first-order valence-corrected chi connectivity index (χ1v) is 6.29. The summed E-state index contributed by atoms with van der Waals surface area (Å²) in [6, 6.07) is 12.3. The summed E-state index contributed by atoms with van der Waals surface area (Å²) in [5, 5.41) is 0. The molecule has 3 nitrogen and oxygen atoms in total. The van der Waals surface area contributed by atoms with Crippen molar-refractivity contribution in [2.45, 2.75) is 18.8 Å². The van der Waals surface area contributed by atoms with Crippen LogP contribution in [0.5, 0.6) is 5.75 Å². The topological polar surface area (TPSA) is 51.0 Å². The van der Waals surface area contributed by atoms with Gasteiger partial charge in [0, 0.05) is 24.4 Å². The van der Waals surface area contributed by atoms with Crippen LogP contribution in [-0.4, -0.2) is 18.6 Å². The van der Waals surface area contributed by atoms with E-state index in [0.29, 0.717) is 12.5 Å². The molecule has 0 saturated heterocycles. The molecule has 1 aromatic heterocycles. The molecule has 0 spiro atoms. The average molecular weight is 244 g/mol. The molecule has 0 amide bonds. The van der Waals surface area contributed by atoms with Gasteiger partial charge < -0.3 is 15.5 Å². The van der Waals surface area contributed by atoms with Crippen LogP contribution in [0, 0.1) is 0 Å². The fourth-order valence-corrected chi connectivity index (χ4v) is 2.17. The van der Waals surface area contributed by atoms with E-state index in [1.54, 1.807) is 7.11 Å². The number of benzene rings is 1. The maximum atomic E-state index is 5.84. The second kappa shape index (κ2) is 6.26. The van der Waals surface area contributed by atoms with E-state index in [-0.39, 0.29) is 0 Å². The number of ether oxygens (including phenoxy) is 1. The number of H-pyrrole nitrogens is 1. The molecule has 96 valence electrons. The zero-order chi connectivity index (χ0) is 12.8. The lowest BCUT2D eigenvalue weighted by Gasteiger charge is -2.13. The van der Waals surface area contributed by atoms with Gasteiger partial charge in [-0.1, -0.05) is 12.1 Å². The summed E-state index contributed by atoms with van der Waals surface area (Å²) in [6.07, 6.45) is 4.01. The summed E-state index contributed by atoms with van der Waals surface area (Å²) < 4.78 is 5.23. The molecule has 18 heavy (non-hydrogen) atoms. The number of rotatable bonds is 6. The molecule has 0 aliphatic heterocycles. The van der Waals surface area contributed by atoms with E-state index in [9.17, 15) is 0 Å². The molecule has 3 heteroatoms. The highest BCUT2D eigenvalue weighted by molar-refractivity contribution is 5.28. The van der Waals surface area contributed by atoms with Crippen molar-refractivity contribution in [1.82, 2.24) is 4.98 Å². The maximum absolute atomic E-state index is 5.84. The van der Waals surface area contributed by atoms with Gasteiger partial charge in [0.15, 0.2) is 0 Å². The van der Waals surface area contributed by atoms with E-state index >= 15 is 0 Å². The van der Waals surface area contributed by atoms with Crippen LogP contribution < -0.4 is 10.5 Å². The zero-order valence-corrected chi connectivity index (χ0v) is 10.7. The highest BCUT2D eigenvalue weighted by Crippen LogP contribution is 2.21. The van der Waals surface area contributed by atoms with Gasteiger partial charge in [-0.2, -0.15) is 0 Å². The minimum absolute atomic E-state index is 0.395. The van der Waals surface area contributed by atoms with E-state index in [2.05, 4.69) is 23.2 Å². The lowest BCUT2D eigenvalue weighted by molar-refractivity contribution is 0.414. The summed E-state index contributed by atoms with van der Waals surface area (Å²) >= 11 is 0. The molecule has 0 saturated carbocycles. The number of aromatic amines is 1. The van der Waals surface area contributed by atoms with E-state index in [1.165, 1.54) is 11.3 Å². The van der Waals surface area contributed by atoms with Crippen LogP contribution in [0.2, 0.25) is 0 Å². The van der Waals surface area contributed by atoms with Gasteiger partial charge in [0.2, 0.25) is 0 Å². The Hall–Kier alpha value is -1.74. The molecular formula is C15H20N2O. The molecule has 2 aromatic rings. The van der Waals surface area contributed by atoms with Crippen molar-refractivity contribution >= 4 is 0 Å². The van der Waals surface area contributed by atoms with Gasteiger partial charge in [-0.05, 0) is 42.7 Å². The third kappa shape index (κ3) is 3.14. The van der Waals surface area contributed by atoms with Crippen LogP contribution >= 0.6 is 0 Å². The van der Waals surface area contributed by atoms with E-state index in [4.69, 9.17) is 10.5 Å². The first-order chi connectivity index (χ1) is 8.83. The van der Waals surface area contributed by atoms with Gasteiger partial charge in [-0.3, -0.25) is 0 Å². The zero-order valence-electron chi connectivity index (χ0n) is 10.7. The first-order valence-electron chi connectivity index (χ1n) is 6.29. The van der Waals surface area contributed by atoms with Crippen LogP contribution in [-0.2, 0) is 6.42 Å². The second-order valence-electron chi connectivity index (χ2n) is 4.45. The minimum Gasteiger partial charge on any atom is -0.497 e. The third-order valence-corrected chi connectivity index (χ3v) is 3.26. The lowest BCUT2D eigenvalue weighted by atomic mass is 9.96. The van der Waals surface area contributed by atoms with Crippen molar-refractivity contribution in [1.29, 1.82) is 0 Å². The predicted molar refractivity (Wildman–Crippen MR) is 73.9 cm³/mol. The van der Waals surface area contributed by atoms with Gasteiger partial charge in [0.05, 0.1) is 7.11 Å². The van der Waals surface area contributed by atoms with Gasteiger partial charge >= 0.3 is 0 Å². The molecule has 0 bridgehead atoms. The summed E-state index contributed by atoms with van der Waals surface area (Å²) in [5.41, 5.74) is 8.35. The van der Waals surface area contributed by atoms with Crippen molar-refractivity contribution in [2.24, 2.45) is 5.73 Å². The van der Waals surface area contributed by atoms with E-state index in [1.807, 2.05) is 24.4 Å². The molecule has 0 aliphatic rings. The van der Waals surface area contributed by atoms with Gasteiger partial charge in [0.1, 0.15) is 5.75 Å². The quantitative estimate of drug-likeness (QED) is 0.821. The molecule has 0 radical (unpaired) electrons. The van der Waals surface area contributed by atoms with Crippen LogP contribution in [0.3, 0.4) is 0 Å². The largest absolute Gasteiger partial charge is 0.497 e.